The zero-order valence-corrected chi connectivity index (χ0v) is 7.91. The maximum absolute atomic E-state index is 11.3. The van der Waals surface area contributed by atoms with Gasteiger partial charge in [-0.1, -0.05) is 19.6 Å². The molecule has 13 heavy (non-hydrogen) atoms. The summed E-state index contributed by atoms with van der Waals surface area (Å²) in [6.07, 6.45) is 3.69. The molecule has 0 aromatic carbocycles. The van der Waals surface area contributed by atoms with Crippen LogP contribution in [0, 0.1) is 0 Å². The monoisotopic (exact) mass is 182 g/mol. The van der Waals surface area contributed by atoms with Gasteiger partial charge in [-0.05, 0) is 25.5 Å². The second kappa shape index (κ2) is 4.72. The Morgan fingerprint density at radius 2 is 2.00 bits per heavy atom. The van der Waals surface area contributed by atoms with Gasteiger partial charge >= 0.3 is 0 Å². The third kappa shape index (κ3) is 2.36. The number of carbonyl (C=O) groups excluding carboxylic acids is 2. The van der Waals surface area contributed by atoms with Crippen LogP contribution in [0.1, 0.15) is 20.3 Å². The van der Waals surface area contributed by atoms with Crippen LogP contribution in [-0.2, 0) is 9.59 Å². The van der Waals surface area contributed by atoms with Crippen molar-refractivity contribution in [3.63, 3.8) is 0 Å². The van der Waals surface area contributed by atoms with Crippen LogP contribution in [0.15, 0.2) is 24.8 Å². The predicted octanol–water partition coefficient (Wildman–Crippen LogP) is 1.03. The summed E-state index contributed by atoms with van der Waals surface area (Å²) in [5.41, 5.74) is -1.92. The lowest BCUT2D eigenvalue weighted by molar-refractivity contribution is -0.145. The zero-order valence-electron chi connectivity index (χ0n) is 7.91. The number of hydrogen-bond acceptors (Lipinski definition) is 3. The molecule has 0 heterocycles. The summed E-state index contributed by atoms with van der Waals surface area (Å²) >= 11 is 0. The van der Waals surface area contributed by atoms with Crippen LogP contribution in [-0.4, -0.2) is 22.3 Å². The lowest BCUT2D eigenvalue weighted by Gasteiger charge is -2.19. The Morgan fingerprint density at radius 3 is 2.31 bits per heavy atom. The van der Waals surface area contributed by atoms with E-state index in [0.29, 0.717) is 0 Å². The Bertz CT molecular complexity index is 253. The summed E-state index contributed by atoms with van der Waals surface area (Å²) in [7, 11) is 0. The van der Waals surface area contributed by atoms with Crippen molar-refractivity contribution in [1.82, 2.24) is 0 Å². The first-order chi connectivity index (χ1) is 6.02. The largest absolute Gasteiger partial charge is 0.374 e. The average Bonchev–Trinajstić information content (AvgIpc) is 2.15. The fourth-order valence-electron chi connectivity index (χ4n) is 0.928. The van der Waals surface area contributed by atoms with Gasteiger partial charge in [-0.3, -0.25) is 9.59 Å². The van der Waals surface area contributed by atoms with Crippen LogP contribution >= 0.6 is 0 Å². The Labute approximate surface area is 77.8 Å². The molecule has 1 unspecified atom stereocenters. The Balaban J connectivity index is 4.93. The number of carbonyl (C=O) groups is 2. The van der Waals surface area contributed by atoms with Gasteiger partial charge in [0, 0.05) is 0 Å². The average molecular weight is 182 g/mol. The van der Waals surface area contributed by atoms with E-state index in [0.717, 1.165) is 6.08 Å². The van der Waals surface area contributed by atoms with Crippen molar-refractivity contribution < 1.29 is 14.7 Å². The SMILES string of the molecule is C=CC(=O)C(O)(CC)C(=O)C=CC. The third-order valence-corrected chi connectivity index (χ3v) is 1.83. The molecule has 0 spiro atoms. The van der Waals surface area contributed by atoms with E-state index in [1.165, 1.54) is 12.2 Å². The first-order valence-electron chi connectivity index (χ1n) is 4.09. The lowest BCUT2D eigenvalue weighted by atomic mass is 9.90. The van der Waals surface area contributed by atoms with E-state index < -0.39 is 17.2 Å². The Kier molecular flexibility index (Phi) is 4.28. The molecule has 1 N–H and O–H groups in total. The van der Waals surface area contributed by atoms with Crippen LogP contribution in [0.25, 0.3) is 0 Å². The normalized spacial score (nSPS) is 15.3. The molecule has 0 aliphatic heterocycles. The fourth-order valence-corrected chi connectivity index (χ4v) is 0.928. The van der Waals surface area contributed by atoms with Crippen molar-refractivity contribution in [2.45, 2.75) is 25.9 Å². The quantitative estimate of drug-likeness (QED) is 0.510. The van der Waals surface area contributed by atoms with Gasteiger partial charge < -0.3 is 5.11 Å². The highest BCUT2D eigenvalue weighted by atomic mass is 16.3. The van der Waals surface area contributed by atoms with E-state index in [1.807, 2.05) is 0 Å². The van der Waals surface area contributed by atoms with E-state index in [4.69, 9.17) is 0 Å². The topological polar surface area (TPSA) is 54.4 Å². The summed E-state index contributed by atoms with van der Waals surface area (Å²) < 4.78 is 0. The van der Waals surface area contributed by atoms with Crippen LogP contribution in [0.2, 0.25) is 0 Å². The first-order valence-corrected chi connectivity index (χ1v) is 4.09. The molecule has 0 radical (unpaired) electrons. The molecule has 3 nitrogen and oxygen atoms in total. The van der Waals surface area contributed by atoms with Crippen molar-refractivity contribution >= 4 is 11.6 Å². The van der Waals surface area contributed by atoms with Gasteiger partial charge in [0.1, 0.15) is 0 Å². The summed E-state index contributed by atoms with van der Waals surface area (Å²) in [5.74, 6) is -1.25. The lowest BCUT2D eigenvalue weighted by Crippen LogP contribution is -2.44. The zero-order chi connectivity index (χ0) is 10.5. The van der Waals surface area contributed by atoms with Crippen molar-refractivity contribution in [3.05, 3.63) is 24.8 Å². The summed E-state index contributed by atoms with van der Waals surface area (Å²) in [6, 6.07) is 0. The molecule has 72 valence electrons. The number of aliphatic hydroxyl groups is 1. The number of hydrogen-bond donors (Lipinski definition) is 1. The number of ketones is 2. The van der Waals surface area contributed by atoms with Gasteiger partial charge in [0.2, 0.25) is 0 Å². The summed E-state index contributed by atoms with van der Waals surface area (Å²) in [6.45, 7) is 6.45. The summed E-state index contributed by atoms with van der Waals surface area (Å²) in [5, 5.41) is 9.67. The molecular formula is C10H14O3. The molecule has 0 aromatic heterocycles. The highest BCUT2D eigenvalue weighted by Gasteiger charge is 2.38. The molecule has 3 heteroatoms. The van der Waals surface area contributed by atoms with Crippen molar-refractivity contribution in [1.29, 1.82) is 0 Å². The number of rotatable bonds is 5. The van der Waals surface area contributed by atoms with E-state index in [-0.39, 0.29) is 6.42 Å². The Morgan fingerprint density at radius 1 is 1.46 bits per heavy atom. The first kappa shape index (κ1) is 11.8. The molecule has 0 aromatic rings. The van der Waals surface area contributed by atoms with E-state index in [1.54, 1.807) is 13.8 Å². The minimum atomic E-state index is -1.92. The van der Waals surface area contributed by atoms with Crippen LogP contribution < -0.4 is 0 Å². The van der Waals surface area contributed by atoms with Gasteiger partial charge in [-0.2, -0.15) is 0 Å². The van der Waals surface area contributed by atoms with Gasteiger partial charge in [-0.15, -0.1) is 0 Å². The van der Waals surface area contributed by atoms with E-state index >= 15 is 0 Å². The minimum Gasteiger partial charge on any atom is -0.374 e. The molecule has 0 saturated carbocycles. The molecule has 0 amide bonds. The molecule has 0 fully saturated rings. The summed E-state index contributed by atoms with van der Waals surface area (Å²) in [4.78, 5) is 22.4. The van der Waals surface area contributed by atoms with Crippen molar-refractivity contribution in [2.24, 2.45) is 0 Å². The van der Waals surface area contributed by atoms with Crippen molar-refractivity contribution in [3.8, 4) is 0 Å². The highest BCUT2D eigenvalue weighted by Crippen LogP contribution is 2.14. The van der Waals surface area contributed by atoms with E-state index in [2.05, 4.69) is 6.58 Å². The van der Waals surface area contributed by atoms with Gasteiger partial charge in [0.25, 0.3) is 0 Å². The fraction of sp³-hybridized carbons (Fsp3) is 0.400. The molecule has 0 aliphatic carbocycles. The van der Waals surface area contributed by atoms with Crippen LogP contribution in [0.3, 0.4) is 0 Å². The molecule has 0 rings (SSSR count). The van der Waals surface area contributed by atoms with E-state index in [9.17, 15) is 14.7 Å². The van der Waals surface area contributed by atoms with Gasteiger partial charge in [-0.25, -0.2) is 0 Å². The molecule has 0 bridgehead atoms. The van der Waals surface area contributed by atoms with Gasteiger partial charge in [0.05, 0.1) is 0 Å². The molecule has 0 saturated heterocycles. The highest BCUT2D eigenvalue weighted by molar-refractivity contribution is 6.17. The standard InChI is InChI=1S/C10H14O3/c1-4-7-9(12)10(13,6-3)8(11)5-2/h4-5,7,13H,2,6H2,1,3H3. The second-order valence-corrected chi connectivity index (χ2v) is 2.65. The maximum atomic E-state index is 11.3. The second-order valence-electron chi connectivity index (χ2n) is 2.65. The van der Waals surface area contributed by atoms with Crippen LogP contribution in [0.5, 0.6) is 0 Å². The molecular weight excluding hydrogens is 168 g/mol. The molecule has 1 atom stereocenters. The Hall–Kier alpha value is -1.22. The van der Waals surface area contributed by atoms with Crippen molar-refractivity contribution in [2.75, 3.05) is 0 Å². The number of allylic oxidation sites excluding steroid dienone is 1. The molecule has 0 aliphatic rings. The third-order valence-electron chi connectivity index (χ3n) is 1.83. The smallest absolute Gasteiger partial charge is 0.194 e. The maximum Gasteiger partial charge on any atom is 0.194 e. The van der Waals surface area contributed by atoms with Crippen LogP contribution in [0.4, 0.5) is 0 Å². The predicted molar refractivity (Wildman–Crippen MR) is 50.3 cm³/mol. The minimum absolute atomic E-state index is 0.0566. The van der Waals surface area contributed by atoms with Gasteiger partial charge in [0.15, 0.2) is 17.2 Å².